The Balaban J connectivity index is 2.58. The number of nitrogens with zero attached hydrogens (tertiary/aromatic N) is 1. The van der Waals surface area contributed by atoms with Gasteiger partial charge in [0.2, 0.25) is 0 Å². The van der Waals surface area contributed by atoms with Crippen molar-refractivity contribution in [2.24, 2.45) is 0 Å². The van der Waals surface area contributed by atoms with Gasteiger partial charge in [-0.05, 0) is 11.6 Å². The van der Waals surface area contributed by atoms with Crippen LogP contribution < -0.4 is 5.73 Å². The highest BCUT2D eigenvalue weighted by atomic mass is 79.9. The third-order valence-corrected chi connectivity index (χ3v) is 3.00. The number of rotatable bonds is 3. The third kappa shape index (κ3) is 1.96. The van der Waals surface area contributed by atoms with Crippen molar-refractivity contribution in [1.29, 1.82) is 0 Å². The Labute approximate surface area is 102 Å². The van der Waals surface area contributed by atoms with Crippen LogP contribution in [-0.2, 0) is 11.3 Å². The average Bonchev–Trinajstić information content (AvgIpc) is 2.65. The molecule has 0 amide bonds. The van der Waals surface area contributed by atoms with Crippen LogP contribution in [0.4, 0.5) is 5.82 Å². The summed E-state index contributed by atoms with van der Waals surface area (Å²) in [7, 11) is 1.67. The largest absolute Gasteiger partial charge is 0.384 e. The van der Waals surface area contributed by atoms with Crippen LogP contribution >= 0.6 is 15.9 Å². The molecule has 0 aliphatic rings. The van der Waals surface area contributed by atoms with Crippen LogP contribution in [0.15, 0.2) is 28.9 Å². The van der Waals surface area contributed by atoms with Crippen molar-refractivity contribution < 1.29 is 4.74 Å². The summed E-state index contributed by atoms with van der Waals surface area (Å²) in [5, 5.41) is 6.66. The van der Waals surface area contributed by atoms with Gasteiger partial charge in [-0.2, -0.15) is 5.10 Å². The van der Waals surface area contributed by atoms with Crippen molar-refractivity contribution in [2.45, 2.75) is 6.61 Å². The average molecular weight is 282 g/mol. The summed E-state index contributed by atoms with van der Waals surface area (Å²) >= 11 is 3.52. The molecule has 0 saturated carbocycles. The highest BCUT2D eigenvalue weighted by Crippen LogP contribution is 2.34. The molecule has 1 aromatic carbocycles. The number of aromatic nitrogens is 2. The van der Waals surface area contributed by atoms with Gasteiger partial charge < -0.3 is 10.5 Å². The fraction of sp³-hybridized carbons (Fsp3) is 0.182. The van der Waals surface area contributed by atoms with Crippen molar-refractivity contribution in [3.63, 3.8) is 0 Å². The van der Waals surface area contributed by atoms with Gasteiger partial charge in [0.25, 0.3) is 0 Å². The lowest BCUT2D eigenvalue weighted by molar-refractivity contribution is 0.185. The lowest BCUT2D eigenvalue weighted by atomic mass is 10.0. The maximum absolute atomic E-state index is 5.83. The van der Waals surface area contributed by atoms with E-state index in [1.54, 1.807) is 13.3 Å². The maximum atomic E-state index is 5.83. The van der Waals surface area contributed by atoms with E-state index in [2.05, 4.69) is 26.1 Å². The number of nitrogen functional groups attached to an aromatic ring is 1. The zero-order valence-electron chi connectivity index (χ0n) is 8.83. The number of hydrogen-bond acceptors (Lipinski definition) is 3. The number of benzene rings is 1. The molecular weight excluding hydrogens is 270 g/mol. The van der Waals surface area contributed by atoms with E-state index in [0.717, 1.165) is 21.2 Å². The number of ether oxygens (including phenoxy) is 1. The first-order valence-corrected chi connectivity index (χ1v) is 5.59. The van der Waals surface area contributed by atoms with Crippen LogP contribution in [0.25, 0.3) is 11.1 Å². The monoisotopic (exact) mass is 281 g/mol. The summed E-state index contributed by atoms with van der Waals surface area (Å²) in [6.07, 6.45) is 1.72. The molecule has 0 atom stereocenters. The summed E-state index contributed by atoms with van der Waals surface area (Å²) in [6.45, 7) is 0.541. The van der Waals surface area contributed by atoms with Gasteiger partial charge in [-0.1, -0.05) is 28.1 Å². The summed E-state index contributed by atoms with van der Waals surface area (Å²) in [6, 6.07) is 5.95. The van der Waals surface area contributed by atoms with Crippen molar-refractivity contribution >= 4 is 21.7 Å². The van der Waals surface area contributed by atoms with Crippen molar-refractivity contribution in [1.82, 2.24) is 10.2 Å². The second-order valence-electron chi connectivity index (χ2n) is 3.40. The van der Waals surface area contributed by atoms with Gasteiger partial charge in [-0.25, -0.2) is 0 Å². The van der Waals surface area contributed by atoms with Crippen LogP contribution in [0.1, 0.15) is 5.56 Å². The van der Waals surface area contributed by atoms with Crippen LogP contribution in [0.2, 0.25) is 0 Å². The predicted molar refractivity (Wildman–Crippen MR) is 66.8 cm³/mol. The second kappa shape index (κ2) is 4.67. The van der Waals surface area contributed by atoms with E-state index in [9.17, 15) is 0 Å². The van der Waals surface area contributed by atoms with Crippen molar-refractivity contribution in [2.75, 3.05) is 12.8 Å². The van der Waals surface area contributed by atoms with Gasteiger partial charge in [0.15, 0.2) is 0 Å². The number of aromatic amines is 1. The molecule has 1 aromatic heterocycles. The van der Waals surface area contributed by atoms with E-state index in [1.165, 1.54) is 0 Å². The van der Waals surface area contributed by atoms with Crippen molar-refractivity contribution in [3.8, 4) is 11.1 Å². The molecule has 0 unspecified atom stereocenters. The third-order valence-electron chi connectivity index (χ3n) is 2.34. The first kappa shape index (κ1) is 11.2. The molecule has 0 aliphatic carbocycles. The van der Waals surface area contributed by atoms with Gasteiger partial charge in [-0.3, -0.25) is 5.10 Å². The summed E-state index contributed by atoms with van der Waals surface area (Å²) in [4.78, 5) is 0. The van der Waals surface area contributed by atoms with Gasteiger partial charge in [0, 0.05) is 22.7 Å². The second-order valence-corrected chi connectivity index (χ2v) is 4.26. The molecule has 1 heterocycles. The lowest BCUT2D eigenvalue weighted by Crippen LogP contribution is -1.95. The number of hydrogen-bond donors (Lipinski definition) is 2. The van der Waals surface area contributed by atoms with Crippen LogP contribution in [0, 0.1) is 0 Å². The molecule has 84 valence electrons. The minimum absolute atomic E-state index is 0.541. The van der Waals surface area contributed by atoms with Crippen LogP contribution in [0.3, 0.4) is 0 Å². The van der Waals surface area contributed by atoms with Crippen molar-refractivity contribution in [3.05, 3.63) is 34.4 Å². The molecule has 0 saturated heterocycles. The van der Waals surface area contributed by atoms with Gasteiger partial charge in [-0.15, -0.1) is 0 Å². The fourth-order valence-corrected chi connectivity index (χ4v) is 2.26. The summed E-state index contributed by atoms with van der Waals surface area (Å²) < 4.78 is 6.15. The smallest absolute Gasteiger partial charge is 0.126 e. The molecule has 16 heavy (non-hydrogen) atoms. The zero-order chi connectivity index (χ0) is 11.5. The highest BCUT2D eigenvalue weighted by molar-refractivity contribution is 9.10. The molecule has 0 bridgehead atoms. The Bertz CT molecular complexity index is 496. The Morgan fingerprint density at radius 1 is 1.50 bits per heavy atom. The normalized spacial score (nSPS) is 10.6. The standard InChI is InChI=1S/C11H12BrN3O/c1-16-6-7-3-2-4-9(12)10(7)8-5-14-15-11(8)13/h2-5H,6H2,1H3,(H3,13,14,15). The number of nitrogens with two attached hydrogens (primary N) is 1. The molecule has 2 aromatic rings. The van der Waals surface area contributed by atoms with E-state index in [1.807, 2.05) is 18.2 Å². The number of H-pyrrole nitrogens is 1. The number of anilines is 1. The van der Waals surface area contributed by atoms with Gasteiger partial charge >= 0.3 is 0 Å². The first-order valence-electron chi connectivity index (χ1n) is 4.79. The number of nitrogens with one attached hydrogen (secondary N) is 1. The Morgan fingerprint density at radius 3 is 2.94 bits per heavy atom. The molecular formula is C11H12BrN3O. The molecule has 4 nitrogen and oxygen atoms in total. The minimum Gasteiger partial charge on any atom is -0.384 e. The van der Waals surface area contributed by atoms with E-state index in [-0.39, 0.29) is 0 Å². The molecule has 5 heteroatoms. The first-order chi connectivity index (χ1) is 7.74. The number of halogens is 1. The Morgan fingerprint density at radius 2 is 2.31 bits per heavy atom. The number of methoxy groups -OCH3 is 1. The van der Waals surface area contributed by atoms with E-state index >= 15 is 0 Å². The molecule has 0 spiro atoms. The SMILES string of the molecule is COCc1cccc(Br)c1-c1cn[nH]c1N. The van der Waals surface area contributed by atoms with E-state index in [4.69, 9.17) is 10.5 Å². The quantitative estimate of drug-likeness (QED) is 0.909. The van der Waals surface area contributed by atoms with Gasteiger partial charge in [0.05, 0.1) is 12.8 Å². The predicted octanol–water partition coefficient (Wildman–Crippen LogP) is 2.57. The summed E-state index contributed by atoms with van der Waals surface area (Å²) in [5.41, 5.74) is 8.81. The van der Waals surface area contributed by atoms with E-state index < -0.39 is 0 Å². The van der Waals surface area contributed by atoms with Crippen LogP contribution in [0.5, 0.6) is 0 Å². The molecule has 2 rings (SSSR count). The highest BCUT2D eigenvalue weighted by Gasteiger charge is 2.12. The molecule has 3 N–H and O–H groups in total. The fourth-order valence-electron chi connectivity index (χ4n) is 1.64. The topological polar surface area (TPSA) is 63.9 Å². The Hall–Kier alpha value is -1.33. The molecule has 0 fully saturated rings. The molecule has 0 radical (unpaired) electrons. The lowest BCUT2D eigenvalue weighted by Gasteiger charge is -2.10. The summed E-state index contributed by atoms with van der Waals surface area (Å²) in [5.74, 6) is 0.559. The van der Waals surface area contributed by atoms with Crippen LogP contribution in [-0.4, -0.2) is 17.3 Å². The van der Waals surface area contributed by atoms with E-state index in [0.29, 0.717) is 12.4 Å². The molecule has 0 aliphatic heterocycles. The maximum Gasteiger partial charge on any atom is 0.126 e. The van der Waals surface area contributed by atoms with Gasteiger partial charge in [0.1, 0.15) is 5.82 Å². The Kier molecular flexibility index (Phi) is 3.26. The zero-order valence-corrected chi connectivity index (χ0v) is 10.4. The minimum atomic E-state index is 0.541.